The van der Waals surface area contributed by atoms with E-state index in [4.69, 9.17) is 10.5 Å². The average Bonchev–Trinajstić information content (AvgIpc) is 2.27. The molecule has 0 saturated carbocycles. The largest absolute Gasteiger partial charge is 0.381 e. The van der Waals surface area contributed by atoms with Crippen LogP contribution in [0.1, 0.15) is 26.2 Å². The van der Waals surface area contributed by atoms with Crippen molar-refractivity contribution in [3.05, 3.63) is 0 Å². The topological polar surface area (TPSA) is 93.5 Å². The van der Waals surface area contributed by atoms with Crippen LogP contribution in [-0.4, -0.2) is 43.7 Å². The summed E-state index contributed by atoms with van der Waals surface area (Å²) >= 11 is 0. The second-order valence-electron chi connectivity index (χ2n) is 4.41. The van der Waals surface area contributed by atoms with Gasteiger partial charge in [-0.25, -0.2) is 0 Å². The van der Waals surface area contributed by atoms with Gasteiger partial charge in [-0.2, -0.15) is 0 Å². The minimum Gasteiger partial charge on any atom is -0.381 e. The molecule has 1 rings (SSSR count). The van der Waals surface area contributed by atoms with Gasteiger partial charge in [0.05, 0.1) is 6.54 Å². The molecule has 1 aliphatic rings. The van der Waals surface area contributed by atoms with Gasteiger partial charge in [0, 0.05) is 31.7 Å². The summed E-state index contributed by atoms with van der Waals surface area (Å²) in [6, 6.07) is 0.137. The zero-order valence-corrected chi connectivity index (χ0v) is 10.2. The van der Waals surface area contributed by atoms with Gasteiger partial charge in [-0.3, -0.25) is 9.59 Å². The maximum absolute atomic E-state index is 11.6. The zero-order valence-electron chi connectivity index (χ0n) is 10.2. The smallest absolute Gasteiger partial charge is 0.234 e. The van der Waals surface area contributed by atoms with Crippen molar-refractivity contribution in [1.29, 1.82) is 0 Å². The van der Waals surface area contributed by atoms with Crippen molar-refractivity contribution in [2.24, 2.45) is 5.73 Å². The van der Waals surface area contributed by atoms with Crippen LogP contribution in [0.3, 0.4) is 0 Å². The Bertz CT molecular complexity index is 265. The maximum atomic E-state index is 11.6. The Morgan fingerprint density at radius 3 is 2.65 bits per heavy atom. The first-order valence-electron chi connectivity index (χ1n) is 5.96. The summed E-state index contributed by atoms with van der Waals surface area (Å²) < 4.78 is 5.20. The maximum Gasteiger partial charge on any atom is 0.234 e. The Hall–Kier alpha value is -1.14. The molecule has 0 aromatic carbocycles. The number of hydrogen-bond donors (Lipinski definition) is 3. The minimum absolute atomic E-state index is 0.0479. The second-order valence-corrected chi connectivity index (χ2v) is 4.41. The van der Waals surface area contributed by atoms with Gasteiger partial charge in [-0.05, 0) is 19.8 Å². The first-order valence-corrected chi connectivity index (χ1v) is 5.96. The van der Waals surface area contributed by atoms with Crippen LogP contribution < -0.4 is 16.4 Å². The highest BCUT2D eigenvalue weighted by Crippen LogP contribution is 2.05. The lowest BCUT2D eigenvalue weighted by Gasteiger charge is -2.23. The summed E-state index contributed by atoms with van der Waals surface area (Å²) in [6.07, 6.45) is 1.97. The van der Waals surface area contributed by atoms with Gasteiger partial charge in [0.15, 0.2) is 0 Å². The number of nitrogens with one attached hydrogen (secondary N) is 2. The van der Waals surface area contributed by atoms with Crippen molar-refractivity contribution in [3.63, 3.8) is 0 Å². The summed E-state index contributed by atoms with van der Waals surface area (Å²) in [4.78, 5) is 22.2. The third kappa shape index (κ3) is 6.23. The van der Waals surface area contributed by atoms with Gasteiger partial charge in [0.2, 0.25) is 11.8 Å². The van der Waals surface area contributed by atoms with E-state index in [0.29, 0.717) is 13.2 Å². The number of amides is 2. The standard InChI is InChI=1S/C11H21N3O3/c1-8(6-10(12)15)13-7-11(16)14-9-2-4-17-5-3-9/h8-9,13H,2-7H2,1H3,(H2,12,15)(H,14,16). The molecule has 0 aromatic heterocycles. The van der Waals surface area contributed by atoms with Crippen molar-refractivity contribution < 1.29 is 14.3 Å². The third-order valence-corrected chi connectivity index (χ3v) is 2.70. The van der Waals surface area contributed by atoms with E-state index in [1.54, 1.807) is 0 Å². The molecule has 1 fully saturated rings. The molecule has 98 valence electrons. The molecule has 2 amide bonds. The average molecular weight is 243 g/mol. The molecule has 6 heteroatoms. The monoisotopic (exact) mass is 243 g/mol. The first-order chi connectivity index (χ1) is 8.08. The van der Waals surface area contributed by atoms with Gasteiger partial charge >= 0.3 is 0 Å². The van der Waals surface area contributed by atoms with Gasteiger partial charge in [-0.15, -0.1) is 0 Å². The molecule has 0 radical (unpaired) electrons. The number of nitrogens with two attached hydrogens (primary N) is 1. The number of hydrogen-bond acceptors (Lipinski definition) is 4. The Kier molecular flexibility index (Phi) is 5.93. The number of carbonyl (C=O) groups excluding carboxylic acids is 2. The normalized spacial score (nSPS) is 18.6. The van der Waals surface area contributed by atoms with E-state index in [2.05, 4.69) is 10.6 Å². The summed E-state index contributed by atoms with van der Waals surface area (Å²) in [5.74, 6) is -0.414. The number of ether oxygens (including phenoxy) is 1. The van der Waals surface area contributed by atoms with E-state index in [-0.39, 0.29) is 36.9 Å². The number of primary amides is 1. The molecule has 1 saturated heterocycles. The molecule has 0 aromatic rings. The third-order valence-electron chi connectivity index (χ3n) is 2.70. The zero-order chi connectivity index (χ0) is 12.7. The molecule has 0 bridgehead atoms. The predicted octanol–water partition coefficient (Wildman–Crippen LogP) is -0.865. The van der Waals surface area contributed by atoms with Crippen LogP contribution in [-0.2, 0) is 14.3 Å². The van der Waals surface area contributed by atoms with Crippen molar-refractivity contribution in [2.45, 2.75) is 38.3 Å². The van der Waals surface area contributed by atoms with Gasteiger partial charge in [-0.1, -0.05) is 0 Å². The Morgan fingerprint density at radius 2 is 2.06 bits per heavy atom. The first kappa shape index (κ1) is 13.9. The SMILES string of the molecule is CC(CC(N)=O)NCC(=O)NC1CCOCC1. The van der Waals surface area contributed by atoms with Crippen LogP contribution in [0.5, 0.6) is 0 Å². The molecule has 1 heterocycles. The molecule has 1 unspecified atom stereocenters. The Morgan fingerprint density at radius 1 is 1.41 bits per heavy atom. The fraction of sp³-hybridized carbons (Fsp3) is 0.818. The van der Waals surface area contributed by atoms with Gasteiger partial charge in [0.1, 0.15) is 0 Å². The predicted molar refractivity (Wildman–Crippen MR) is 63.3 cm³/mol. The van der Waals surface area contributed by atoms with Crippen LogP contribution in [0.15, 0.2) is 0 Å². The lowest BCUT2D eigenvalue weighted by Crippen LogP contribution is -2.45. The van der Waals surface area contributed by atoms with Crippen molar-refractivity contribution in [3.8, 4) is 0 Å². The molecule has 0 aliphatic carbocycles. The summed E-state index contributed by atoms with van der Waals surface area (Å²) in [6.45, 7) is 3.45. The molecule has 4 N–H and O–H groups in total. The van der Waals surface area contributed by atoms with E-state index < -0.39 is 0 Å². The molecular formula is C11H21N3O3. The van der Waals surface area contributed by atoms with Gasteiger partial charge in [0.25, 0.3) is 0 Å². The molecule has 17 heavy (non-hydrogen) atoms. The van der Waals surface area contributed by atoms with E-state index in [1.165, 1.54) is 0 Å². The second kappa shape index (κ2) is 7.24. The lowest BCUT2D eigenvalue weighted by atomic mass is 10.1. The molecule has 1 aliphatic heterocycles. The van der Waals surface area contributed by atoms with Crippen molar-refractivity contribution in [2.75, 3.05) is 19.8 Å². The highest BCUT2D eigenvalue weighted by molar-refractivity contribution is 5.78. The molecular weight excluding hydrogens is 222 g/mol. The van der Waals surface area contributed by atoms with Crippen molar-refractivity contribution >= 4 is 11.8 Å². The van der Waals surface area contributed by atoms with Crippen LogP contribution in [0, 0.1) is 0 Å². The quantitative estimate of drug-likeness (QED) is 0.565. The van der Waals surface area contributed by atoms with E-state index in [1.807, 2.05) is 6.92 Å². The fourth-order valence-corrected chi connectivity index (χ4v) is 1.76. The van der Waals surface area contributed by atoms with Gasteiger partial charge < -0.3 is 21.1 Å². The van der Waals surface area contributed by atoms with Crippen LogP contribution in [0.25, 0.3) is 0 Å². The molecule has 6 nitrogen and oxygen atoms in total. The Labute approximate surface area is 101 Å². The fourth-order valence-electron chi connectivity index (χ4n) is 1.76. The van der Waals surface area contributed by atoms with Crippen molar-refractivity contribution in [1.82, 2.24) is 10.6 Å². The van der Waals surface area contributed by atoms with E-state index in [0.717, 1.165) is 12.8 Å². The lowest BCUT2D eigenvalue weighted by molar-refractivity contribution is -0.122. The summed E-state index contributed by atoms with van der Waals surface area (Å²) in [5, 5.41) is 5.89. The molecule has 0 spiro atoms. The van der Waals surface area contributed by atoms with E-state index in [9.17, 15) is 9.59 Å². The van der Waals surface area contributed by atoms with E-state index >= 15 is 0 Å². The minimum atomic E-state index is -0.366. The van der Waals surface area contributed by atoms with Crippen LogP contribution in [0.4, 0.5) is 0 Å². The molecule has 1 atom stereocenters. The number of rotatable bonds is 6. The highest BCUT2D eigenvalue weighted by atomic mass is 16.5. The van der Waals surface area contributed by atoms with Crippen LogP contribution >= 0.6 is 0 Å². The Balaban J connectivity index is 2.13. The number of carbonyl (C=O) groups is 2. The highest BCUT2D eigenvalue weighted by Gasteiger charge is 2.16. The summed E-state index contributed by atoms with van der Waals surface area (Å²) in [7, 11) is 0. The van der Waals surface area contributed by atoms with Crippen LogP contribution in [0.2, 0.25) is 0 Å². The summed E-state index contributed by atoms with van der Waals surface area (Å²) in [5.41, 5.74) is 5.06.